The minimum absolute atomic E-state index is 0.210. The summed E-state index contributed by atoms with van der Waals surface area (Å²) in [5.41, 5.74) is 1.51. The van der Waals surface area contributed by atoms with Gasteiger partial charge in [-0.3, -0.25) is 4.79 Å². The van der Waals surface area contributed by atoms with Crippen LogP contribution in [0.1, 0.15) is 18.1 Å². The van der Waals surface area contributed by atoms with Crippen molar-refractivity contribution in [1.29, 1.82) is 0 Å². The van der Waals surface area contributed by atoms with Crippen molar-refractivity contribution in [2.24, 2.45) is 0 Å². The predicted molar refractivity (Wildman–Crippen MR) is 54.8 cm³/mol. The van der Waals surface area contributed by atoms with E-state index in [1.165, 1.54) is 7.11 Å². The fourth-order valence-electron chi connectivity index (χ4n) is 1.85. The molecule has 0 saturated carbocycles. The first-order chi connectivity index (χ1) is 6.68. The largest absolute Gasteiger partial charge is 0.468 e. The summed E-state index contributed by atoms with van der Waals surface area (Å²) in [6.45, 7) is 1.88. The molecule has 0 amide bonds. The lowest BCUT2D eigenvalue weighted by Crippen LogP contribution is -2.30. The summed E-state index contributed by atoms with van der Waals surface area (Å²) in [6, 6.07) is 7.87. The molecule has 0 aromatic heterocycles. The molecule has 2 nitrogen and oxygen atoms in total. The van der Waals surface area contributed by atoms with Crippen LogP contribution < -0.4 is 0 Å². The predicted octanol–water partition coefficient (Wildman–Crippen LogP) is 2.14. The second kappa shape index (κ2) is 2.98. The van der Waals surface area contributed by atoms with Gasteiger partial charge >= 0.3 is 5.97 Å². The van der Waals surface area contributed by atoms with Gasteiger partial charge < -0.3 is 4.74 Å². The topological polar surface area (TPSA) is 26.3 Å². The van der Waals surface area contributed by atoms with Crippen molar-refractivity contribution in [3.05, 3.63) is 41.5 Å². The highest BCUT2D eigenvalue weighted by atomic mass is 16.5. The number of carbonyl (C=O) groups excluding carboxylic acids is 1. The number of carbonyl (C=O) groups is 1. The molecule has 0 N–H and O–H groups in total. The van der Waals surface area contributed by atoms with Gasteiger partial charge in [0.2, 0.25) is 0 Å². The third kappa shape index (κ3) is 1.07. The number of hydrogen-bond acceptors (Lipinski definition) is 2. The molecule has 0 radical (unpaired) electrons. The Morgan fingerprint density at radius 3 is 2.79 bits per heavy atom. The van der Waals surface area contributed by atoms with Crippen LogP contribution in [0.5, 0.6) is 0 Å². The molecule has 0 fully saturated rings. The molecule has 2 rings (SSSR count). The molecule has 1 aromatic rings. The Morgan fingerprint density at radius 1 is 1.36 bits per heavy atom. The van der Waals surface area contributed by atoms with Crippen LogP contribution in [0.4, 0.5) is 0 Å². The van der Waals surface area contributed by atoms with Crippen molar-refractivity contribution >= 4 is 12.0 Å². The van der Waals surface area contributed by atoms with E-state index in [4.69, 9.17) is 4.74 Å². The highest BCUT2D eigenvalue weighted by molar-refractivity contribution is 5.90. The van der Waals surface area contributed by atoms with E-state index in [2.05, 4.69) is 0 Å². The zero-order valence-corrected chi connectivity index (χ0v) is 8.28. The number of hydrogen-bond donors (Lipinski definition) is 0. The molecule has 0 aliphatic heterocycles. The molecule has 1 atom stereocenters. The first kappa shape index (κ1) is 9.00. The second-order valence-electron chi connectivity index (χ2n) is 3.61. The average Bonchev–Trinajstić information content (AvgIpc) is 2.58. The zero-order valence-electron chi connectivity index (χ0n) is 8.28. The van der Waals surface area contributed by atoms with Crippen molar-refractivity contribution in [3.63, 3.8) is 0 Å². The molecule has 1 aromatic carbocycles. The SMILES string of the molecule is COC(=O)[C@]1(C)C=Cc2ccccc21. The van der Waals surface area contributed by atoms with Gasteiger partial charge in [0, 0.05) is 0 Å². The standard InChI is InChI=1S/C12H12O2/c1-12(11(13)14-2)8-7-9-5-3-4-6-10(9)12/h3-8H,1-2H3/t12-/m1/s1. The molecule has 0 saturated heterocycles. The maximum Gasteiger partial charge on any atom is 0.319 e. The third-order valence-corrected chi connectivity index (χ3v) is 2.73. The molecule has 14 heavy (non-hydrogen) atoms. The summed E-state index contributed by atoms with van der Waals surface area (Å²) in [6.07, 6.45) is 3.86. The van der Waals surface area contributed by atoms with E-state index in [-0.39, 0.29) is 5.97 Å². The van der Waals surface area contributed by atoms with E-state index < -0.39 is 5.41 Å². The van der Waals surface area contributed by atoms with Gasteiger partial charge in [0.05, 0.1) is 7.11 Å². The Hall–Kier alpha value is -1.57. The Bertz CT molecular complexity index is 407. The Kier molecular flexibility index (Phi) is 1.92. The fourth-order valence-corrected chi connectivity index (χ4v) is 1.85. The minimum atomic E-state index is -0.606. The smallest absolute Gasteiger partial charge is 0.319 e. The van der Waals surface area contributed by atoms with Crippen LogP contribution in [0, 0.1) is 0 Å². The van der Waals surface area contributed by atoms with Gasteiger partial charge in [0.25, 0.3) is 0 Å². The summed E-state index contributed by atoms with van der Waals surface area (Å²) >= 11 is 0. The van der Waals surface area contributed by atoms with Crippen molar-refractivity contribution < 1.29 is 9.53 Å². The van der Waals surface area contributed by atoms with Crippen LogP contribution in [-0.4, -0.2) is 13.1 Å². The molecular weight excluding hydrogens is 176 g/mol. The van der Waals surface area contributed by atoms with E-state index in [0.29, 0.717) is 0 Å². The van der Waals surface area contributed by atoms with E-state index >= 15 is 0 Å². The van der Waals surface area contributed by atoms with Gasteiger partial charge in [0.15, 0.2) is 0 Å². The van der Waals surface area contributed by atoms with Crippen molar-refractivity contribution in [2.75, 3.05) is 7.11 Å². The van der Waals surface area contributed by atoms with Crippen molar-refractivity contribution in [3.8, 4) is 0 Å². The van der Waals surface area contributed by atoms with Crippen LogP contribution >= 0.6 is 0 Å². The van der Waals surface area contributed by atoms with Crippen LogP contribution in [0.15, 0.2) is 30.3 Å². The van der Waals surface area contributed by atoms with Gasteiger partial charge in [0.1, 0.15) is 5.41 Å². The maximum absolute atomic E-state index is 11.6. The second-order valence-corrected chi connectivity index (χ2v) is 3.61. The van der Waals surface area contributed by atoms with Crippen molar-refractivity contribution in [1.82, 2.24) is 0 Å². The summed E-state index contributed by atoms with van der Waals surface area (Å²) in [5, 5.41) is 0. The molecular formula is C12H12O2. The minimum Gasteiger partial charge on any atom is -0.468 e. The van der Waals surface area contributed by atoms with Crippen molar-refractivity contribution in [2.45, 2.75) is 12.3 Å². The number of esters is 1. The van der Waals surface area contributed by atoms with Crippen LogP contribution in [0.25, 0.3) is 6.08 Å². The van der Waals surface area contributed by atoms with Crippen LogP contribution in [0.2, 0.25) is 0 Å². The summed E-state index contributed by atoms with van der Waals surface area (Å²) in [7, 11) is 1.42. The van der Waals surface area contributed by atoms with Gasteiger partial charge in [-0.05, 0) is 18.1 Å². The molecule has 2 heteroatoms. The van der Waals surface area contributed by atoms with Gasteiger partial charge in [-0.25, -0.2) is 0 Å². The van der Waals surface area contributed by atoms with Gasteiger partial charge in [-0.15, -0.1) is 0 Å². The highest BCUT2D eigenvalue weighted by Crippen LogP contribution is 2.36. The van der Waals surface area contributed by atoms with Crippen LogP contribution in [-0.2, 0) is 14.9 Å². The monoisotopic (exact) mass is 188 g/mol. The molecule has 0 unspecified atom stereocenters. The van der Waals surface area contributed by atoms with E-state index in [0.717, 1.165) is 11.1 Å². The first-order valence-corrected chi connectivity index (χ1v) is 4.55. The van der Waals surface area contributed by atoms with E-state index in [1.54, 1.807) is 0 Å². The molecule has 1 aliphatic carbocycles. The lowest BCUT2D eigenvalue weighted by atomic mass is 9.85. The maximum atomic E-state index is 11.6. The van der Waals surface area contributed by atoms with E-state index in [1.807, 2.05) is 43.3 Å². The number of fused-ring (bicyclic) bond motifs is 1. The molecule has 1 aliphatic rings. The molecule has 72 valence electrons. The Morgan fingerprint density at radius 2 is 2.07 bits per heavy atom. The average molecular weight is 188 g/mol. The molecule has 0 spiro atoms. The number of ether oxygens (including phenoxy) is 1. The third-order valence-electron chi connectivity index (χ3n) is 2.73. The normalized spacial score (nSPS) is 23.3. The van der Waals surface area contributed by atoms with E-state index in [9.17, 15) is 4.79 Å². The van der Waals surface area contributed by atoms with Gasteiger partial charge in [-0.1, -0.05) is 36.4 Å². The Labute approximate surface area is 83.2 Å². The quantitative estimate of drug-likeness (QED) is 0.631. The summed E-state index contributed by atoms with van der Waals surface area (Å²) in [5.74, 6) is -0.210. The lowest BCUT2D eigenvalue weighted by Gasteiger charge is -2.20. The number of benzene rings is 1. The van der Waals surface area contributed by atoms with Gasteiger partial charge in [-0.2, -0.15) is 0 Å². The fraction of sp³-hybridized carbons (Fsp3) is 0.250. The molecule has 0 heterocycles. The summed E-state index contributed by atoms with van der Waals surface area (Å²) in [4.78, 5) is 11.6. The first-order valence-electron chi connectivity index (χ1n) is 4.55. The van der Waals surface area contributed by atoms with Crippen LogP contribution in [0.3, 0.4) is 0 Å². The lowest BCUT2D eigenvalue weighted by molar-refractivity contribution is -0.144. The number of methoxy groups -OCH3 is 1. The Balaban J connectivity index is 2.52. The zero-order chi connectivity index (χ0) is 10.2. The highest BCUT2D eigenvalue weighted by Gasteiger charge is 2.38. The summed E-state index contributed by atoms with van der Waals surface area (Å²) < 4.78 is 4.80. The molecule has 0 bridgehead atoms. The number of rotatable bonds is 1.